The van der Waals surface area contributed by atoms with Crippen LogP contribution in [0.2, 0.25) is 0 Å². The fourth-order valence-electron chi connectivity index (χ4n) is 1.10. The SMILES string of the molecule is CCc1ccc(S(=O)(=O)CC#N)cc1. The lowest BCUT2D eigenvalue weighted by molar-refractivity contribution is 0.599. The summed E-state index contributed by atoms with van der Waals surface area (Å²) in [5.74, 6) is -0.460. The normalized spacial score (nSPS) is 10.9. The van der Waals surface area contributed by atoms with Crippen LogP contribution in [0.3, 0.4) is 0 Å². The van der Waals surface area contributed by atoms with Gasteiger partial charge in [0.25, 0.3) is 0 Å². The molecule has 0 atom stereocenters. The van der Waals surface area contributed by atoms with Crippen molar-refractivity contribution in [3.63, 3.8) is 0 Å². The van der Waals surface area contributed by atoms with Crippen LogP contribution in [0.25, 0.3) is 0 Å². The predicted molar refractivity (Wildman–Crippen MR) is 53.5 cm³/mol. The van der Waals surface area contributed by atoms with E-state index in [1.54, 1.807) is 30.3 Å². The molecule has 1 rings (SSSR count). The van der Waals surface area contributed by atoms with E-state index in [0.717, 1.165) is 12.0 Å². The van der Waals surface area contributed by atoms with Gasteiger partial charge in [0, 0.05) is 0 Å². The Bertz CT molecular complexity index is 440. The highest BCUT2D eigenvalue weighted by Gasteiger charge is 2.12. The van der Waals surface area contributed by atoms with E-state index in [-0.39, 0.29) is 4.90 Å². The molecule has 0 bridgehead atoms. The van der Waals surface area contributed by atoms with Crippen molar-refractivity contribution in [1.82, 2.24) is 0 Å². The number of rotatable bonds is 3. The van der Waals surface area contributed by atoms with Crippen LogP contribution in [-0.2, 0) is 16.3 Å². The Labute approximate surface area is 83.9 Å². The third-order valence-electron chi connectivity index (χ3n) is 1.95. The Balaban J connectivity index is 3.05. The van der Waals surface area contributed by atoms with Crippen LogP contribution < -0.4 is 0 Å². The van der Waals surface area contributed by atoms with Gasteiger partial charge in [0.1, 0.15) is 5.75 Å². The zero-order valence-corrected chi connectivity index (χ0v) is 8.71. The van der Waals surface area contributed by atoms with Crippen molar-refractivity contribution in [1.29, 1.82) is 5.26 Å². The van der Waals surface area contributed by atoms with Crippen molar-refractivity contribution < 1.29 is 8.42 Å². The summed E-state index contributed by atoms with van der Waals surface area (Å²) in [5, 5.41) is 8.33. The fourth-order valence-corrected chi connectivity index (χ4v) is 1.99. The second kappa shape index (κ2) is 4.25. The third-order valence-corrected chi connectivity index (χ3v) is 3.44. The van der Waals surface area contributed by atoms with Gasteiger partial charge in [-0.05, 0) is 24.1 Å². The Morgan fingerprint density at radius 2 is 1.86 bits per heavy atom. The smallest absolute Gasteiger partial charge is 0.191 e. The molecule has 0 radical (unpaired) electrons. The molecule has 0 saturated heterocycles. The molecule has 14 heavy (non-hydrogen) atoms. The summed E-state index contributed by atoms with van der Waals surface area (Å²) in [5.41, 5.74) is 1.08. The van der Waals surface area contributed by atoms with Crippen LogP contribution in [0.1, 0.15) is 12.5 Å². The predicted octanol–water partition coefficient (Wildman–Crippen LogP) is 1.55. The Morgan fingerprint density at radius 1 is 1.29 bits per heavy atom. The second-order valence-electron chi connectivity index (χ2n) is 2.91. The van der Waals surface area contributed by atoms with E-state index in [1.807, 2.05) is 6.92 Å². The van der Waals surface area contributed by atoms with Crippen molar-refractivity contribution in [2.24, 2.45) is 0 Å². The zero-order valence-electron chi connectivity index (χ0n) is 7.90. The molecule has 0 N–H and O–H groups in total. The number of aryl methyl sites for hydroxylation is 1. The van der Waals surface area contributed by atoms with Crippen LogP contribution >= 0.6 is 0 Å². The molecule has 0 amide bonds. The molecular formula is C10H11NO2S. The topological polar surface area (TPSA) is 57.9 Å². The molecule has 4 heteroatoms. The van der Waals surface area contributed by atoms with Gasteiger partial charge in [0.15, 0.2) is 9.84 Å². The van der Waals surface area contributed by atoms with Gasteiger partial charge in [-0.25, -0.2) is 8.42 Å². The quantitative estimate of drug-likeness (QED) is 0.758. The first-order valence-electron chi connectivity index (χ1n) is 4.29. The molecule has 0 aliphatic rings. The van der Waals surface area contributed by atoms with Gasteiger partial charge in [-0.1, -0.05) is 19.1 Å². The van der Waals surface area contributed by atoms with Crippen molar-refractivity contribution in [2.75, 3.05) is 5.75 Å². The monoisotopic (exact) mass is 209 g/mol. The lowest BCUT2D eigenvalue weighted by Crippen LogP contribution is -2.04. The number of hydrogen-bond acceptors (Lipinski definition) is 3. The average Bonchev–Trinajstić information content (AvgIpc) is 2.18. The Hall–Kier alpha value is -1.34. The van der Waals surface area contributed by atoms with E-state index in [4.69, 9.17) is 5.26 Å². The maximum absolute atomic E-state index is 11.4. The summed E-state index contributed by atoms with van der Waals surface area (Å²) >= 11 is 0. The van der Waals surface area contributed by atoms with Gasteiger partial charge >= 0.3 is 0 Å². The van der Waals surface area contributed by atoms with E-state index in [1.165, 1.54) is 0 Å². The van der Waals surface area contributed by atoms with Crippen molar-refractivity contribution in [3.05, 3.63) is 29.8 Å². The number of benzene rings is 1. The van der Waals surface area contributed by atoms with Crippen LogP contribution in [0.15, 0.2) is 29.2 Å². The Morgan fingerprint density at radius 3 is 2.29 bits per heavy atom. The Kier molecular flexibility index (Phi) is 3.26. The van der Waals surface area contributed by atoms with E-state index in [9.17, 15) is 8.42 Å². The minimum Gasteiger partial charge on any atom is -0.223 e. The minimum absolute atomic E-state index is 0.219. The zero-order chi connectivity index (χ0) is 10.6. The first kappa shape index (κ1) is 10.7. The standard InChI is InChI=1S/C10H11NO2S/c1-2-9-3-5-10(6-4-9)14(12,13)8-7-11/h3-6H,2,8H2,1H3. The summed E-state index contributed by atoms with van der Waals surface area (Å²) in [6.45, 7) is 2.00. The largest absolute Gasteiger partial charge is 0.223 e. The van der Waals surface area contributed by atoms with E-state index in [2.05, 4.69) is 0 Å². The van der Waals surface area contributed by atoms with Gasteiger partial charge in [0.05, 0.1) is 11.0 Å². The fraction of sp³-hybridized carbons (Fsp3) is 0.300. The molecule has 0 aliphatic heterocycles. The molecule has 74 valence electrons. The maximum atomic E-state index is 11.4. The van der Waals surface area contributed by atoms with Gasteiger partial charge in [-0.3, -0.25) is 0 Å². The van der Waals surface area contributed by atoms with Crippen molar-refractivity contribution in [2.45, 2.75) is 18.2 Å². The molecular weight excluding hydrogens is 198 g/mol. The van der Waals surface area contributed by atoms with Crippen molar-refractivity contribution in [3.8, 4) is 6.07 Å². The lowest BCUT2D eigenvalue weighted by Gasteiger charge is -2.00. The molecule has 3 nitrogen and oxygen atoms in total. The van der Waals surface area contributed by atoms with E-state index >= 15 is 0 Å². The van der Waals surface area contributed by atoms with E-state index in [0.29, 0.717) is 0 Å². The van der Waals surface area contributed by atoms with Crippen LogP contribution in [0, 0.1) is 11.3 Å². The molecule has 1 aromatic rings. The molecule has 0 fully saturated rings. The van der Waals surface area contributed by atoms with E-state index < -0.39 is 15.6 Å². The first-order valence-corrected chi connectivity index (χ1v) is 5.94. The first-order chi connectivity index (χ1) is 6.60. The number of nitriles is 1. The highest BCUT2D eigenvalue weighted by Crippen LogP contribution is 2.12. The summed E-state index contributed by atoms with van der Waals surface area (Å²) < 4.78 is 22.8. The van der Waals surface area contributed by atoms with Gasteiger partial charge in [0.2, 0.25) is 0 Å². The number of nitrogens with zero attached hydrogens (tertiary/aromatic N) is 1. The van der Waals surface area contributed by atoms with Gasteiger partial charge < -0.3 is 0 Å². The number of hydrogen-bond donors (Lipinski definition) is 0. The van der Waals surface area contributed by atoms with Crippen LogP contribution in [0.5, 0.6) is 0 Å². The number of sulfone groups is 1. The summed E-state index contributed by atoms with van der Waals surface area (Å²) in [4.78, 5) is 0.219. The summed E-state index contributed by atoms with van der Waals surface area (Å²) in [7, 11) is -3.40. The lowest BCUT2D eigenvalue weighted by atomic mass is 10.2. The van der Waals surface area contributed by atoms with Crippen LogP contribution in [0.4, 0.5) is 0 Å². The average molecular weight is 209 g/mol. The summed E-state index contributed by atoms with van der Waals surface area (Å²) in [6.07, 6.45) is 0.874. The molecule has 1 aromatic carbocycles. The third kappa shape index (κ3) is 2.33. The minimum atomic E-state index is -3.40. The second-order valence-corrected chi connectivity index (χ2v) is 4.90. The molecule has 0 aliphatic carbocycles. The van der Waals surface area contributed by atoms with Gasteiger partial charge in [-0.2, -0.15) is 5.26 Å². The van der Waals surface area contributed by atoms with Gasteiger partial charge in [-0.15, -0.1) is 0 Å². The summed E-state index contributed by atoms with van der Waals surface area (Å²) in [6, 6.07) is 8.28. The maximum Gasteiger partial charge on any atom is 0.191 e. The molecule has 0 spiro atoms. The molecule has 0 aromatic heterocycles. The molecule has 0 saturated carbocycles. The molecule has 0 unspecified atom stereocenters. The molecule has 0 heterocycles. The van der Waals surface area contributed by atoms with Crippen LogP contribution in [-0.4, -0.2) is 14.2 Å². The highest BCUT2D eigenvalue weighted by atomic mass is 32.2. The van der Waals surface area contributed by atoms with Crippen molar-refractivity contribution >= 4 is 9.84 Å². The highest BCUT2D eigenvalue weighted by molar-refractivity contribution is 7.91.